The molecule has 2 aromatic carbocycles. The first-order valence-electron chi connectivity index (χ1n) is 5.47. The van der Waals surface area contributed by atoms with Crippen LogP contribution >= 0.6 is 27.5 Å². The van der Waals surface area contributed by atoms with Crippen LogP contribution < -0.4 is 10.5 Å². The third-order valence-corrected chi connectivity index (χ3v) is 3.70. The van der Waals surface area contributed by atoms with Gasteiger partial charge >= 0.3 is 0 Å². The summed E-state index contributed by atoms with van der Waals surface area (Å²) in [6, 6.07) is 9.32. The largest absolute Gasteiger partial charge is 0.455 e. The number of halogens is 2. The summed E-state index contributed by atoms with van der Waals surface area (Å²) in [6.45, 7) is 3.90. The molecule has 2 nitrogen and oxygen atoms in total. The van der Waals surface area contributed by atoms with Crippen molar-refractivity contribution in [2.24, 2.45) is 0 Å². The van der Waals surface area contributed by atoms with E-state index in [9.17, 15) is 0 Å². The SMILES string of the molecule is Cc1cc(Oc2cc(Br)ccc2N)cc(C)c1Cl. The predicted molar refractivity (Wildman–Crippen MR) is 79.6 cm³/mol. The molecule has 0 spiro atoms. The first-order chi connectivity index (χ1) is 8.47. The third kappa shape index (κ3) is 2.79. The van der Waals surface area contributed by atoms with Crippen LogP contribution in [-0.4, -0.2) is 0 Å². The molecule has 0 aliphatic rings. The molecule has 0 aromatic heterocycles. The number of hydrogen-bond acceptors (Lipinski definition) is 2. The van der Waals surface area contributed by atoms with E-state index in [2.05, 4.69) is 15.9 Å². The Bertz CT molecular complexity index is 575. The minimum absolute atomic E-state index is 0.600. The fourth-order valence-electron chi connectivity index (χ4n) is 1.69. The molecule has 0 amide bonds. The van der Waals surface area contributed by atoms with Crippen molar-refractivity contribution in [1.82, 2.24) is 0 Å². The standard InChI is InChI=1S/C14H13BrClNO/c1-8-5-11(6-9(2)14(8)16)18-13-7-10(15)3-4-12(13)17/h3-7H,17H2,1-2H3. The van der Waals surface area contributed by atoms with Gasteiger partial charge in [0.05, 0.1) is 5.69 Å². The summed E-state index contributed by atoms with van der Waals surface area (Å²) in [7, 11) is 0. The summed E-state index contributed by atoms with van der Waals surface area (Å²) in [6.07, 6.45) is 0. The van der Waals surface area contributed by atoms with Gasteiger partial charge in [-0.3, -0.25) is 0 Å². The molecule has 18 heavy (non-hydrogen) atoms. The second-order valence-electron chi connectivity index (χ2n) is 4.16. The van der Waals surface area contributed by atoms with Gasteiger partial charge < -0.3 is 10.5 Å². The minimum atomic E-state index is 0.600. The van der Waals surface area contributed by atoms with Gasteiger partial charge in [0.15, 0.2) is 5.75 Å². The molecule has 0 heterocycles. The van der Waals surface area contributed by atoms with Gasteiger partial charge in [0.2, 0.25) is 0 Å². The van der Waals surface area contributed by atoms with Crippen molar-refractivity contribution in [1.29, 1.82) is 0 Å². The molecular weight excluding hydrogens is 314 g/mol. The lowest BCUT2D eigenvalue weighted by atomic mass is 10.1. The molecule has 0 bridgehead atoms. The molecule has 4 heteroatoms. The maximum atomic E-state index is 6.12. The van der Waals surface area contributed by atoms with E-state index >= 15 is 0 Å². The first kappa shape index (κ1) is 13.2. The van der Waals surface area contributed by atoms with E-state index in [0.29, 0.717) is 11.4 Å². The molecule has 0 atom stereocenters. The Morgan fingerprint density at radius 2 is 1.72 bits per heavy atom. The number of anilines is 1. The monoisotopic (exact) mass is 325 g/mol. The highest BCUT2D eigenvalue weighted by Crippen LogP contribution is 2.33. The molecule has 0 aliphatic heterocycles. The van der Waals surface area contributed by atoms with Crippen LogP contribution in [0.1, 0.15) is 11.1 Å². The number of rotatable bonds is 2. The van der Waals surface area contributed by atoms with E-state index in [0.717, 1.165) is 26.4 Å². The second kappa shape index (κ2) is 5.21. The average Bonchev–Trinajstić information content (AvgIpc) is 2.31. The zero-order valence-electron chi connectivity index (χ0n) is 10.1. The van der Waals surface area contributed by atoms with Gasteiger partial charge in [0, 0.05) is 9.50 Å². The van der Waals surface area contributed by atoms with Crippen LogP contribution in [0.5, 0.6) is 11.5 Å². The molecule has 2 rings (SSSR count). The highest BCUT2D eigenvalue weighted by atomic mass is 79.9. The number of hydrogen-bond donors (Lipinski definition) is 1. The topological polar surface area (TPSA) is 35.2 Å². The highest BCUT2D eigenvalue weighted by Gasteiger charge is 2.07. The molecule has 0 saturated heterocycles. The Hall–Kier alpha value is -1.19. The lowest BCUT2D eigenvalue weighted by Crippen LogP contribution is -1.93. The highest BCUT2D eigenvalue weighted by molar-refractivity contribution is 9.10. The molecular formula is C14H13BrClNO. The summed E-state index contributed by atoms with van der Waals surface area (Å²) >= 11 is 9.51. The Labute approximate surface area is 120 Å². The van der Waals surface area contributed by atoms with Crippen molar-refractivity contribution in [3.8, 4) is 11.5 Å². The number of nitrogen functional groups attached to an aromatic ring is 1. The maximum absolute atomic E-state index is 6.12. The number of aryl methyl sites for hydroxylation is 2. The van der Waals surface area contributed by atoms with E-state index in [1.807, 2.05) is 38.1 Å². The van der Waals surface area contributed by atoms with Crippen LogP contribution in [0.25, 0.3) is 0 Å². The Morgan fingerprint density at radius 3 is 2.33 bits per heavy atom. The van der Waals surface area contributed by atoms with E-state index in [1.54, 1.807) is 6.07 Å². The van der Waals surface area contributed by atoms with Crippen molar-refractivity contribution >= 4 is 33.2 Å². The summed E-state index contributed by atoms with van der Waals surface area (Å²) in [5.41, 5.74) is 8.44. The van der Waals surface area contributed by atoms with Gasteiger partial charge in [0.1, 0.15) is 5.75 Å². The quantitative estimate of drug-likeness (QED) is 0.780. The first-order valence-corrected chi connectivity index (χ1v) is 6.64. The van der Waals surface area contributed by atoms with Gasteiger partial charge in [-0.25, -0.2) is 0 Å². The normalized spacial score (nSPS) is 10.4. The number of benzene rings is 2. The van der Waals surface area contributed by atoms with Crippen molar-refractivity contribution in [3.63, 3.8) is 0 Å². The van der Waals surface area contributed by atoms with E-state index < -0.39 is 0 Å². The smallest absolute Gasteiger partial charge is 0.151 e. The molecule has 2 N–H and O–H groups in total. The molecule has 0 unspecified atom stereocenters. The summed E-state index contributed by atoms with van der Waals surface area (Å²) in [4.78, 5) is 0. The van der Waals surface area contributed by atoms with Gasteiger partial charge in [-0.15, -0.1) is 0 Å². The van der Waals surface area contributed by atoms with Crippen molar-refractivity contribution < 1.29 is 4.74 Å². The Balaban J connectivity index is 2.37. The summed E-state index contributed by atoms with van der Waals surface area (Å²) in [5.74, 6) is 1.37. The fraction of sp³-hybridized carbons (Fsp3) is 0.143. The van der Waals surface area contributed by atoms with Crippen molar-refractivity contribution in [3.05, 3.63) is 51.0 Å². The van der Waals surface area contributed by atoms with Gasteiger partial charge in [0.25, 0.3) is 0 Å². The molecule has 94 valence electrons. The number of nitrogens with two attached hydrogens (primary N) is 1. The van der Waals surface area contributed by atoms with Crippen LogP contribution in [0.2, 0.25) is 5.02 Å². The molecule has 0 radical (unpaired) electrons. The third-order valence-electron chi connectivity index (χ3n) is 2.61. The average molecular weight is 327 g/mol. The zero-order chi connectivity index (χ0) is 13.3. The summed E-state index contributed by atoms with van der Waals surface area (Å²) < 4.78 is 6.72. The van der Waals surface area contributed by atoms with Crippen LogP contribution in [0.3, 0.4) is 0 Å². The lowest BCUT2D eigenvalue weighted by molar-refractivity contribution is 0.484. The zero-order valence-corrected chi connectivity index (χ0v) is 12.5. The Morgan fingerprint density at radius 1 is 1.11 bits per heavy atom. The number of ether oxygens (including phenoxy) is 1. The van der Waals surface area contributed by atoms with Crippen LogP contribution in [0, 0.1) is 13.8 Å². The van der Waals surface area contributed by atoms with Crippen LogP contribution in [-0.2, 0) is 0 Å². The lowest BCUT2D eigenvalue weighted by Gasteiger charge is -2.11. The molecule has 0 fully saturated rings. The van der Waals surface area contributed by atoms with Crippen LogP contribution in [0.4, 0.5) is 5.69 Å². The van der Waals surface area contributed by atoms with E-state index in [1.165, 1.54) is 0 Å². The molecule has 2 aromatic rings. The van der Waals surface area contributed by atoms with E-state index in [-0.39, 0.29) is 0 Å². The van der Waals surface area contributed by atoms with Gasteiger partial charge in [-0.1, -0.05) is 27.5 Å². The van der Waals surface area contributed by atoms with E-state index in [4.69, 9.17) is 22.1 Å². The van der Waals surface area contributed by atoms with Crippen LogP contribution in [0.15, 0.2) is 34.8 Å². The second-order valence-corrected chi connectivity index (χ2v) is 5.45. The van der Waals surface area contributed by atoms with Crippen molar-refractivity contribution in [2.75, 3.05) is 5.73 Å². The fourth-order valence-corrected chi connectivity index (χ4v) is 2.14. The van der Waals surface area contributed by atoms with Crippen molar-refractivity contribution in [2.45, 2.75) is 13.8 Å². The minimum Gasteiger partial charge on any atom is -0.455 e. The van der Waals surface area contributed by atoms with Gasteiger partial charge in [-0.2, -0.15) is 0 Å². The molecule has 0 aliphatic carbocycles. The summed E-state index contributed by atoms with van der Waals surface area (Å²) in [5, 5.41) is 0.768. The molecule has 0 saturated carbocycles. The van der Waals surface area contributed by atoms with Gasteiger partial charge in [-0.05, 0) is 55.3 Å². The Kier molecular flexibility index (Phi) is 3.83. The maximum Gasteiger partial charge on any atom is 0.151 e. The predicted octanol–water partition coefficient (Wildman–Crippen LogP) is 5.09.